The fourth-order valence-corrected chi connectivity index (χ4v) is 3.27. The molecule has 0 aromatic rings. The first kappa shape index (κ1) is 15.8. The molecule has 0 spiro atoms. The van der Waals surface area contributed by atoms with Crippen LogP contribution in [-0.2, 0) is 9.59 Å². The van der Waals surface area contributed by atoms with Gasteiger partial charge in [0.2, 0.25) is 5.54 Å². The second-order valence-corrected chi connectivity index (χ2v) is 5.67. The van der Waals surface area contributed by atoms with Gasteiger partial charge in [-0.3, -0.25) is 25.1 Å². The number of hydrogen-bond acceptors (Lipinski definition) is 9. The van der Waals surface area contributed by atoms with Crippen LogP contribution in [-0.4, -0.2) is 57.4 Å². The molecule has 1 aliphatic heterocycles. The molecule has 0 radical (unpaired) electrons. The molecule has 2 rings (SSSR count). The Labute approximate surface area is 123 Å². The Bertz CT molecular complexity index is 602. The van der Waals surface area contributed by atoms with Crippen LogP contribution in [0.3, 0.4) is 0 Å². The van der Waals surface area contributed by atoms with Crippen molar-refractivity contribution in [2.75, 3.05) is 19.6 Å². The number of carbonyl (C=O) groups is 2. The Morgan fingerprint density at radius 1 is 1.18 bits per heavy atom. The van der Waals surface area contributed by atoms with E-state index >= 15 is 0 Å². The smallest absolute Gasteiger partial charge is 0.260 e. The van der Waals surface area contributed by atoms with Crippen LogP contribution in [0.1, 0.15) is 12.8 Å². The number of hydrogen-bond donors (Lipinski definition) is 0. The van der Waals surface area contributed by atoms with E-state index in [0.29, 0.717) is 0 Å². The molecule has 2 bridgehead atoms. The van der Waals surface area contributed by atoms with Crippen molar-refractivity contribution in [3.63, 3.8) is 0 Å². The van der Waals surface area contributed by atoms with Gasteiger partial charge in [0.15, 0.2) is 0 Å². The maximum absolute atomic E-state index is 11.4. The summed E-state index contributed by atoms with van der Waals surface area (Å²) >= 11 is 0. The van der Waals surface area contributed by atoms with Gasteiger partial charge in [0.25, 0.3) is 5.54 Å². The number of carbonyl (C=O) groups excluding carboxylic acids is 2. The van der Waals surface area contributed by atoms with Crippen molar-refractivity contribution in [3.8, 4) is 0 Å². The molecule has 22 heavy (non-hydrogen) atoms. The fourth-order valence-electron chi connectivity index (χ4n) is 3.27. The number of carboxylic acids is 2. The third-order valence-electron chi connectivity index (χ3n) is 3.98. The van der Waals surface area contributed by atoms with Crippen LogP contribution in [0.15, 0.2) is 11.6 Å². The Morgan fingerprint density at radius 3 is 2.27 bits per heavy atom. The zero-order chi connectivity index (χ0) is 16.7. The molecule has 11 heteroatoms. The summed E-state index contributed by atoms with van der Waals surface area (Å²) in [6, 6.07) is 0. The zero-order valence-electron chi connectivity index (χ0n) is 11.2. The van der Waals surface area contributed by atoms with Gasteiger partial charge >= 0.3 is 0 Å². The van der Waals surface area contributed by atoms with Gasteiger partial charge in [0.1, 0.15) is 0 Å². The standard InChI is InChI=1S/C11H13N3O8/c15-8(16)3-12-5-10(13(19)20)1-7(9(17)18)2-11(4-10,6-12)14(21)22/h1H,2-6H2,(H,15,16)(H,17,18)/p-2. The van der Waals surface area contributed by atoms with E-state index in [1.807, 2.05) is 0 Å². The molecular weight excluding hydrogens is 302 g/mol. The molecule has 2 aliphatic rings. The van der Waals surface area contributed by atoms with Gasteiger partial charge in [-0.25, -0.2) is 0 Å². The predicted molar refractivity (Wildman–Crippen MR) is 63.2 cm³/mol. The van der Waals surface area contributed by atoms with E-state index in [1.54, 1.807) is 0 Å². The minimum atomic E-state index is -2.03. The number of nitrogens with zero attached hydrogens (tertiary/aromatic N) is 3. The molecule has 0 N–H and O–H groups in total. The lowest BCUT2D eigenvalue weighted by Crippen LogP contribution is -2.67. The number of fused-ring (bicyclic) bond motifs is 2. The summed E-state index contributed by atoms with van der Waals surface area (Å²) in [7, 11) is 0. The van der Waals surface area contributed by atoms with E-state index in [4.69, 9.17) is 0 Å². The number of piperidine rings is 1. The van der Waals surface area contributed by atoms with Crippen molar-refractivity contribution in [1.29, 1.82) is 0 Å². The van der Waals surface area contributed by atoms with E-state index < -0.39 is 70.9 Å². The predicted octanol–water partition coefficient (Wildman–Crippen LogP) is -3.45. The molecule has 11 nitrogen and oxygen atoms in total. The average molecular weight is 313 g/mol. The van der Waals surface area contributed by atoms with Crippen LogP contribution in [0.2, 0.25) is 0 Å². The highest BCUT2D eigenvalue weighted by molar-refractivity contribution is 5.85. The topological polar surface area (TPSA) is 170 Å². The van der Waals surface area contributed by atoms with Crippen LogP contribution < -0.4 is 10.2 Å². The highest BCUT2D eigenvalue weighted by Gasteiger charge is 2.63. The lowest BCUT2D eigenvalue weighted by molar-refractivity contribution is -0.619. The highest BCUT2D eigenvalue weighted by Crippen LogP contribution is 2.42. The molecule has 1 aliphatic carbocycles. The maximum Gasteiger partial charge on any atom is 0.260 e. The lowest BCUT2D eigenvalue weighted by atomic mass is 9.69. The van der Waals surface area contributed by atoms with Crippen molar-refractivity contribution in [2.45, 2.75) is 23.9 Å². The second-order valence-electron chi connectivity index (χ2n) is 5.67. The summed E-state index contributed by atoms with van der Waals surface area (Å²) in [5, 5.41) is 44.5. The molecule has 2 atom stereocenters. The Hall–Kier alpha value is -2.56. The van der Waals surface area contributed by atoms with Crippen molar-refractivity contribution >= 4 is 11.9 Å². The summed E-state index contributed by atoms with van der Waals surface area (Å²) in [5.74, 6) is -3.23. The van der Waals surface area contributed by atoms with E-state index in [1.165, 1.54) is 0 Å². The van der Waals surface area contributed by atoms with Gasteiger partial charge in [-0.2, -0.15) is 0 Å². The van der Waals surface area contributed by atoms with Gasteiger partial charge in [0, 0.05) is 22.8 Å². The largest absolute Gasteiger partial charge is 0.549 e. The first-order valence-corrected chi connectivity index (χ1v) is 6.24. The first-order chi connectivity index (χ1) is 10.1. The number of likely N-dealkylation sites (tertiary alicyclic amines) is 1. The molecule has 1 fully saturated rings. The van der Waals surface area contributed by atoms with E-state index in [2.05, 4.69) is 0 Å². The molecule has 0 aromatic heterocycles. The van der Waals surface area contributed by atoms with Crippen molar-refractivity contribution in [3.05, 3.63) is 31.9 Å². The zero-order valence-corrected chi connectivity index (χ0v) is 11.2. The van der Waals surface area contributed by atoms with Gasteiger partial charge in [-0.05, 0) is 11.6 Å². The normalized spacial score (nSPS) is 31.2. The first-order valence-electron chi connectivity index (χ1n) is 6.24. The molecule has 1 saturated heterocycles. The van der Waals surface area contributed by atoms with Gasteiger partial charge in [-0.15, -0.1) is 0 Å². The quantitative estimate of drug-likeness (QED) is 0.370. The minimum absolute atomic E-state index is 0.409. The highest BCUT2D eigenvalue weighted by atomic mass is 16.6. The SMILES string of the molecule is O=C([O-])CN1CC2([N+](=O)[O-])C=C(C(=O)[O-])CC([N+](=O)[O-])(C1)C2. The van der Waals surface area contributed by atoms with Gasteiger partial charge < -0.3 is 19.8 Å². The summed E-state index contributed by atoms with van der Waals surface area (Å²) < 4.78 is 0. The van der Waals surface area contributed by atoms with Crippen LogP contribution in [0.4, 0.5) is 0 Å². The molecule has 1 heterocycles. The molecule has 2 unspecified atom stereocenters. The molecular formula is C11H11N3O8-2. The Kier molecular flexibility index (Phi) is 3.61. The average Bonchev–Trinajstić information content (AvgIpc) is 2.36. The second kappa shape index (κ2) is 5.02. The van der Waals surface area contributed by atoms with Gasteiger partial charge in [-0.1, -0.05) is 0 Å². The van der Waals surface area contributed by atoms with Crippen molar-refractivity contribution < 1.29 is 29.6 Å². The lowest BCUT2D eigenvalue weighted by Gasteiger charge is -2.45. The Morgan fingerprint density at radius 2 is 1.82 bits per heavy atom. The summed E-state index contributed by atoms with van der Waals surface area (Å²) in [6.07, 6.45) is -0.215. The Balaban J connectivity index is 2.54. The van der Waals surface area contributed by atoms with Crippen LogP contribution >= 0.6 is 0 Å². The van der Waals surface area contributed by atoms with Crippen molar-refractivity contribution in [1.82, 2.24) is 4.90 Å². The van der Waals surface area contributed by atoms with E-state index in [9.17, 15) is 40.0 Å². The van der Waals surface area contributed by atoms with Crippen LogP contribution in [0, 0.1) is 20.2 Å². The van der Waals surface area contributed by atoms with Crippen molar-refractivity contribution in [2.24, 2.45) is 0 Å². The minimum Gasteiger partial charge on any atom is -0.549 e. The van der Waals surface area contributed by atoms with E-state index in [-0.39, 0.29) is 0 Å². The van der Waals surface area contributed by atoms with Gasteiger partial charge in [0.05, 0.1) is 31.4 Å². The van der Waals surface area contributed by atoms with Crippen LogP contribution in [0.25, 0.3) is 0 Å². The third kappa shape index (κ3) is 2.50. The summed E-state index contributed by atoms with van der Waals surface area (Å²) in [4.78, 5) is 44.0. The third-order valence-corrected chi connectivity index (χ3v) is 3.98. The van der Waals surface area contributed by atoms with Crippen LogP contribution in [0.5, 0.6) is 0 Å². The molecule has 0 amide bonds. The monoisotopic (exact) mass is 313 g/mol. The molecule has 0 saturated carbocycles. The maximum atomic E-state index is 11.4. The number of rotatable bonds is 5. The fraction of sp³-hybridized carbons (Fsp3) is 0.636. The number of nitro groups is 2. The number of carboxylic acid groups (broad SMARTS) is 2. The summed E-state index contributed by atoms with van der Waals surface area (Å²) in [5.41, 5.74) is -4.48. The molecule has 120 valence electrons. The number of aliphatic carboxylic acids is 2. The van der Waals surface area contributed by atoms with E-state index in [0.717, 1.165) is 11.0 Å². The molecule has 0 aromatic carbocycles. The summed E-state index contributed by atoms with van der Waals surface area (Å²) in [6.45, 7) is -1.56.